The largest absolute Gasteiger partial charge is 0.419 e. The van der Waals surface area contributed by atoms with Gasteiger partial charge >= 0.3 is 0 Å². The molecule has 0 N–H and O–H groups in total. The Morgan fingerprint density at radius 1 is 1.21 bits per heavy atom. The number of hydrogen-bond donors (Lipinski definition) is 0. The molecule has 1 amide bonds. The standard InChI is InChI=1S/C21H20ClN3O2S/c22-16-7-3-2-6-15(16)20-24-23-19(27-20)12-25(14-9-10-14)21(26)18-11-13-5-1-4-8-17(13)28-18/h2-3,6-7,11,14H,1,4-5,8-10,12H2. The van der Waals surface area contributed by atoms with E-state index in [4.69, 9.17) is 16.0 Å². The Hall–Kier alpha value is -2.18. The van der Waals surface area contributed by atoms with E-state index < -0.39 is 0 Å². The first-order valence-corrected chi connectivity index (χ1v) is 10.9. The summed E-state index contributed by atoms with van der Waals surface area (Å²) in [4.78, 5) is 17.3. The van der Waals surface area contributed by atoms with Crippen molar-refractivity contribution in [1.82, 2.24) is 15.1 Å². The average molecular weight is 414 g/mol. The third kappa shape index (κ3) is 3.47. The fourth-order valence-electron chi connectivity index (χ4n) is 3.70. The van der Waals surface area contributed by atoms with Gasteiger partial charge in [0, 0.05) is 10.9 Å². The van der Waals surface area contributed by atoms with Crippen molar-refractivity contribution in [2.45, 2.75) is 51.1 Å². The van der Waals surface area contributed by atoms with Crippen LogP contribution in [0.2, 0.25) is 5.02 Å². The van der Waals surface area contributed by atoms with Gasteiger partial charge in [-0.25, -0.2) is 0 Å². The second-order valence-electron chi connectivity index (χ2n) is 7.41. The van der Waals surface area contributed by atoms with Gasteiger partial charge in [0.25, 0.3) is 5.91 Å². The Labute approximate surface area is 172 Å². The Morgan fingerprint density at radius 2 is 2.04 bits per heavy atom. The van der Waals surface area contributed by atoms with E-state index >= 15 is 0 Å². The number of rotatable bonds is 5. The molecule has 1 saturated carbocycles. The van der Waals surface area contributed by atoms with E-state index in [2.05, 4.69) is 16.3 Å². The number of benzene rings is 1. The molecule has 0 atom stereocenters. The zero-order valence-corrected chi connectivity index (χ0v) is 16.9. The number of nitrogens with zero attached hydrogens (tertiary/aromatic N) is 3. The summed E-state index contributed by atoms with van der Waals surface area (Å²) in [6.45, 7) is 0.337. The van der Waals surface area contributed by atoms with E-state index in [1.807, 2.05) is 23.1 Å². The van der Waals surface area contributed by atoms with Crippen LogP contribution in [0.25, 0.3) is 11.5 Å². The molecule has 0 unspecified atom stereocenters. The molecule has 2 aliphatic carbocycles. The maximum absolute atomic E-state index is 13.2. The van der Waals surface area contributed by atoms with E-state index in [0.29, 0.717) is 28.9 Å². The third-order valence-corrected chi connectivity index (χ3v) is 6.89. The van der Waals surface area contributed by atoms with E-state index in [1.165, 1.54) is 23.3 Å². The summed E-state index contributed by atoms with van der Waals surface area (Å²) in [5, 5.41) is 8.85. The van der Waals surface area contributed by atoms with Crippen molar-refractivity contribution in [3.8, 4) is 11.5 Å². The van der Waals surface area contributed by atoms with Gasteiger partial charge in [-0.3, -0.25) is 4.79 Å². The number of halogens is 1. The molecule has 0 aliphatic heterocycles. The molecule has 1 fully saturated rings. The summed E-state index contributed by atoms with van der Waals surface area (Å²) in [5.74, 6) is 0.909. The second kappa shape index (κ2) is 7.33. The molecular formula is C21H20ClN3O2S. The molecule has 0 spiro atoms. The molecule has 2 heterocycles. The highest BCUT2D eigenvalue weighted by Gasteiger charge is 2.35. The fraction of sp³-hybridized carbons (Fsp3) is 0.381. The summed E-state index contributed by atoms with van der Waals surface area (Å²) in [6.07, 6.45) is 6.69. The molecule has 0 bridgehead atoms. The second-order valence-corrected chi connectivity index (χ2v) is 8.96. The minimum Gasteiger partial charge on any atom is -0.419 e. The zero-order chi connectivity index (χ0) is 19.1. The lowest BCUT2D eigenvalue weighted by atomic mass is 9.99. The molecule has 5 nitrogen and oxygen atoms in total. The van der Waals surface area contributed by atoms with E-state index in [0.717, 1.165) is 30.6 Å². The highest BCUT2D eigenvalue weighted by molar-refractivity contribution is 7.14. The lowest BCUT2D eigenvalue weighted by Gasteiger charge is -2.19. The monoisotopic (exact) mass is 413 g/mol. The Bertz CT molecular complexity index is 1000. The Morgan fingerprint density at radius 3 is 2.82 bits per heavy atom. The summed E-state index contributed by atoms with van der Waals surface area (Å²) in [7, 11) is 0. The number of amides is 1. The van der Waals surface area contributed by atoms with Gasteiger partial charge in [-0.2, -0.15) is 0 Å². The number of thiophene rings is 1. The molecule has 0 saturated heterocycles. The minimum absolute atomic E-state index is 0.0828. The molecule has 0 radical (unpaired) electrons. The Kier molecular flexibility index (Phi) is 4.69. The first-order chi connectivity index (χ1) is 13.7. The molecule has 5 rings (SSSR count). The van der Waals surface area contributed by atoms with E-state index in [-0.39, 0.29) is 11.9 Å². The van der Waals surface area contributed by atoms with E-state index in [1.54, 1.807) is 17.4 Å². The molecule has 2 aromatic heterocycles. The average Bonchev–Trinajstić information content (AvgIpc) is 3.28. The van der Waals surface area contributed by atoms with Crippen LogP contribution in [0.5, 0.6) is 0 Å². The highest BCUT2D eigenvalue weighted by atomic mass is 35.5. The summed E-state index contributed by atoms with van der Waals surface area (Å²) in [6, 6.07) is 9.74. The van der Waals surface area contributed by atoms with Crippen molar-refractivity contribution >= 4 is 28.8 Å². The topological polar surface area (TPSA) is 59.2 Å². The van der Waals surface area contributed by atoms with Gasteiger partial charge in [0.15, 0.2) is 0 Å². The van der Waals surface area contributed by atoms with E-state index in [9.17, 15) is 4.79 Å². The van der Waals surface area contributed by atoms with Gasteiger partial charge in [0.1, 0.15) is 0 Å². The molecule has 144 valence electrons. The van der Waals surface area contributed by atoms with Gasteiger partial charge in [-0.15, -0.1) is 21.5 Å². The highest BCUT2D eigenvalue weighted by Crippen LogP contribution is 2.35. The minimum atomic E-state index is 0.0828. The quantitative estimate of drug-likeness (QED) is 0.581. The Balaban J connectivity index is 1.37. The fourth-order valence-corrected chi connectivity index (χ4v) is 5.12. The number of carbonyl (C=O) groups excluding carboxylic acids is 1. The number of aromatic nitrogens is 2. The number of carbonyl (C=O) groups is 1. The van der Waals surface area contributed by atoms with Crippen molar-refractivity contribution in [2.24, 2.45) is 0 Å². The van der Waals surface area contributed by atoms with Gasteiger partial charge in [0.2, 0.25) is 11.8 Å². The maximum Gasteiger partial charge on any atom is 0.264 e. The third-order valence-electron chi connectivity index (χ3n) is 5.33. The predicted molar refractivity (Wildman–Crippen MR) is 109 cm³/mol. The smallest absolute Gasteiger partial charge is 0.264 e. The van der Waals surface area contributed by atoms with Crippen molar-refractivity contribution in [2.75, 3.05) is 0 Å². The zero-order valence-electron chi connectivity index (χ0n) is 15.4. The molecule has 3 aromatic rings. The van der Waals surface area contributed by atoms with Crippen LogP contribution in [-0.2, 0) is 19.4 Å². The number of fused-ring (bicyclic) bond motifs is 1. The number of hydrogen-bond acceptors (Lipinski definition) is 5. The summed E-state index contributed by atoms with van der Waals surface area (Å²) < 4.78 is 5.83. The van der Waals surface area contributed by atoms with Crippen molar-refractivity contribution < 1.29 is 9.21 Å². The van der Waals surface area contributed by atoms with Crippen LogP contribution in [-0.4, -0.2) is 27.0 Å². The van der Waals surface area contributed by atoms with Crippen molar-refractivity contribution in [3.63, 3.8) is 0 Å². The van der Waals surface area contributed by atoms with Crippen LogP contribution in [0.3, 0.4) is 0 Å². The molecular weight excluding hydrogens is 394 g/mol. The van der Waals surface area contributed by atoms with Crippen LogP contribution in [0.15, 0.2) is 34.7 Å². The molecule has 2 aliphatic rings. The molecule has 28 heavy (non-hydrogen) atoms. The van der Waals surface area contributed by atoms with Gasteiger partial charge < -0.3 is 9.32 Å². The predicted octanol–water partition coefficient (Wildman–Crippen LogP) is 5.14. The first kappa shape index (κ1) is 17.9. The van der Waals surface area contributed by atoms with Gasteiger partial charge in [0.05, 0.1) is 22.0 Å². The van der Waals surface area contributed by atoms with Crippen LogP contribution >= 0.6 is 22.9 Å². The lowest BCUT2D eigenvalue weighted by Crippen LogP contribution is -2.32. The van der Waals surface area contributed by atoms with Crippen LogP contribution < -0.4 is 0 Å². The van der Waals surface area contributed by atoms with Crippen LogP contribution in [0.1, 0.15) is 51.7 Å². The summed E-state index contributed by atoms with van der Waals surface area (Å²) in [5.41, 5.74) is 2.06. The maximum atomic E-state index is 13.2. The SMILES string of the molecule is O=C(c1cc2c(s1)CCCC2)N(Cc1nnc(-c2ccccc2Cl)o1)C1CC1. The lowest BCUT2D eigenvalue weighted by molar-refractivity contribution is 0.0719. The van der Waals surface area contributed by atoms with Crippen LogP contribution in [0.4, 0.5) is 0 Å². The number of aryl methyl sites for hydroxylation is 2. The first-order valence-electron chi connectivity index (χ1n) is 9.69. The summed E-state index contributed by atoms with van der Waals surface area (Å²) >= 11 is 7.88. The van der Waals surface area contributed by atoms with Crippen molar-refractivity contribution in [1.29, 1.82) is 0 Å². The van der Waals surface area contributed by atoms with Gasteiger partial charge in [-0.05, 0) is 62.3 Å². The van der Waals surface area contributed by atoms with Crippen molar-refractivity contribution in [3.05, 3.63) is 56.6 Å². The normalized spacial score (nSPS) is 16.0. The van der Waals surface area contributed by atoms with Crippen LogP contribution in [0, 0.1) is 0 Å². The molecule has 7 heteroatoms. The molecule has 1 aromatic carbocycles. The van der Waals surface area contributed by atoms with Gasteiger partial charge in [-0.1, -0.05) is 23.7 Å².